The van der Waals surface area contributed by atoms with E-state index >= 15 is 0 Å². The summed E-state index contributed by atoms with van der Waals surface area (Å²) in [5.74, 6) is -1.59. The van der Waals surface area contributed by atoms with Crippen LogP contribution in [-0.4, -0.2) is 16.1 Å². The van der Waals surface area contributed by atoms with Crippen molar-refractivity contribution in [3.63, 3.8) is 0 Å². The summed E-state index contributed by atoms with van der Waals surface area (Å²) in [6.45, 7) is 0. The van der Waals surface area contributed by atoms with E-state index in [9.17, 15) is 9.18 Å². The summed E-state index contributed by atoms with van der Waals surface area (Å²) < 4.78 is 13.0. The first-order valence-electron chi connectivity index (χ1n) is 5.27. The van der Waals surface area contributed by atoms with Crippen molar-refractivity contribution in [1.29, 1.82) is 5.26 Å². The van der Waals surface area contributed by atoms with Crippen LogP contribution in [0, 0.1) is 17.1 Å². The number of hydrogen-bond acceptors (Lipinski definition) is 4. The third-order valence-corrected chi connectivity index (χ3v) is 2.39. The van der Waals surface area contributed by atoms with Gasteiger partial charge in [-0.1, -0.05) is 0 Å². The van der Waals surface area contributed by atoms with Gasteiger partial charge in [-0.2, -0.15) is 5.26 Å². The maximum Gasteiger partial charge on any atom is 0.339 e. The third kappa shape index (κ3) is 2.66. The van der Waals surface area contributed by atoms with Crippen molar-refractivity contribution in [1.82, 2.24) is 4.98 Å². The van der Waals surface area contributed by atoms with Gasteiger partial charge in [-0.25, -0.2) is 14.2 Å². The van der Waals surface area contributed by atoms with Crippen molar-refractivity contribution in [3.8, 4) is 6.07 Å². The number of carboxylic acids is 1. The second-order valence-electron chi connectivity index (χ2n) is 3.63. The Kier molecular flexibility index (Phi) is 3.39. The molecule has 0 unspecified atom stereocenters. The van der Waals surface area contributed by atoms with Crippen molar-refractivity contribution < 1.29 is 14.3 Å². The fourth-order valence-corrected chi connectivity index (χ4v) is 1.52. The van der Waals surface area contributed by atoms with Crippen LogP contribution in [0.2, 0.25) is 0 Å². The molecule has 0 fully saturated rings. The second kappa shape index (κ2) is 5.14. The predicted molar refractivity (Wildman–Crippen MR) is 65.6 cm³/mol. The highest BCUT2D eigenvalue weighted by molar-refractivity contribution is 5.94. The molecule has 2 N–H and O–H groups in total. The number of hydrogen-bond donors (Lipinski definition) is 2. The summed E-state index contributed by atoms with van der Waals surface area (Å²) in [5.41, 5.74) is 0.336. The fraction of sp³-hybridized carbons (Fsp3) is 0. The van der Waals surface area contributed by atoms with Gasteiger partial charge < -0.3 is 10.4 Å². The van der Waals surface area contributed by atoms with Crippen LogP contribution in [-0.2, 0) is 0 Å². The van der Waals surface area contributed by atoms with Gasteiger partial charge in [0.2, 0.25) is 0 Å². The van der Waals surface area contributed by atoms with Gasteiger partial charge in [0.1, 0.15) is 23.3 Å². The number of pyridine rings is 1. The van der Waals surface area contributed by atoms with E-state index in [0.717, 1.165) is 6.07 Å². The zero-order chi connectivity index (χ0) is 13.8. The fourth-order valence-electron chi connectivity index (χ4n) is 1.52. The molecule has 1 aromatic carbocycles. The highest BCUT2D eigenvalue weighted by Gasteiger charge is 2.12. The maximum atomic E-state index is 13.0. The number of carboxylic acid groups (broad SMARTS) is 1. The van der Waals surface area contributed by atoms with E-state index in [4.69, 9.17) is 10.4 Å². The zero-order valence-electron chi connectivity index (χ0n) is 9.59. The number of halogens is 1. The lowest BCUT2D eigenvalue weighted by molar-refractivity contribution is 0.0697. The molecular weight excluding hydrogens is 249 g/mol. The highest BCUT2D eigenvalue weighted by atomic mass is 19.1. The van der Waals surface area contributed by atoms with E-state index in [1.807, 2.05) is 6.07 Å². The van der Waals surface area contributed by atoms with Crippen molar-refractivity contribution in [2.24, 2.45) is 0 Å². The van der Waals surface area contributed by atoms with Crippen LogP contribution < -0.4 is 5.32 Å². The van der Waals surface area contributed by atoms with Gasteiger partial charge in [0.05, 0.1) is 11.3 Å². The molecule has 0 saturated heterocycles. The van der Waals surface area contributed by atoms with E-state index in [1.54, 1.807) is 0 Å². The molecule has 0 atom stereocenters. The van der Waals surface area contributed by atoms with E-state index in [2.05, 4.69) is 10.3 Å². The van der Waals surface area contributed by atoms with Crippen LogP contribution in [0.5, 0.6) is 0 Å². The maximum absolute atomic E-state index is 13.0. The number of nitrogens with one attached hydrogen (secondary N) is 1. The Morgan fingerprint density at radius 3 is 2.89 bits per heavy atom. The number of rotatable bonds is 3. The van der Waals surface area contributed by atoms with E-state index in [1.165, 1.54) is 30.5 Å². The van der Waals surface area contributed by atoms with E-state index < -0.39 is 11.8 Å². The molecule has 5 nitrogen and oxygen atoms in total. The lowest BCUT2D eigenvalue weighted by Crippen LogP contribution is -2.05. The Hall–Kier alpha value is -2.94. The lowest BCUT2D eigenvalue weighted by atomic mass is 10.1. The first-order valence-corrected chi connectivity index (χ1v) is 5.27. The monoisotopic (exact) mass is 257 g/mol. The highest BCUT2D eigenvalue weighted by Crippen LogP contribution is 2.22. The van der Waals surface area contributed by atoms with Gasteiger partial charge in [0, 0.05) is 6.20 Å². The van der Waals surface area contributed by atoms with Gasteiger partial charge >= 0.3 is 5.97 Å². The molecule has 0 saturated carbocycles. The van der Waals surface area contributed by atoms with Crippen LogP contribution in [0.25, 0.3) is 0 Å². The van der Waals surface area contributed by atoms with Gasteiger partial charge in [-0.15, -0.1) is 0 Å². The Bertz CT molecular complexity index is 680. The smallest absolute Gasteiger partial charge is 0.339 e. The standard InChI is InChI=1S/C13H8FN3O2/c14-9-3-4-11(8(6-9)7-15)17-12-10(13(18)19)2-1-5-16-12/h1-6H,(H,16,17)(H,18,19). The molecular formula is C13H8FN3O2. The molecule has 2 aromatic rings. The Balaban J connectivity index is 2.43. The summed E-state index contributed by atoms with van der Waals surface area (Å²) in [5, 5.41) is 20.6. The van der Waals surface area contributed by atoms with Gasteiger partial charge in [0.25, 0.3) is 0 Å². The van der Waals surface area contributed by atoms with E-state index in [-0.39, 0.29) is 16.9 Å². The Morgan fingerprint density at radius 2 is 2.21 bits per heavy atom. The van der Waals surface area contributed by atoms with Crippen LogP contribution in [0.15, 0.2) is 36.5 Å². The van der Waals surface area contributed by atoms with Gasteiger partial charge in [-0.05, 0) is 30.3 Å². The Morgan fingerprint density at radius 1 is 1.42 bits per heavy atom. The normalized spacial score (nSPS) is 9.68. The summed E-state index contributed by atoms with van der Waals surface area (Å²) in [6, 6.07) is 8.29. The van der Waals surface area contributed by atoms with Gasteiger partial charge in [-0.3, -0.25) is 0 Å². The van der Waals surface area contributed by atoms with E-state index in [0.29, 0.717) is 5.69 Å². The molecule has 0 radical (unpaired) electrons. The van der Waals surface area contributed by atoms with Crippen LogP contribution in [0.1, 0.15) is 15.9 Å². The second-order valence-corrected chi connectivity index (χ2v) is 3.63. The minimum atomic E-state index is -1.14. The van der Waals surface area contributed by atoms with Crippen molar-refractivity contribution in [2.75, 3.05) is 5.32 Å². The molecule has 19 heavy (non-hydrogen) atoms. The number of nitrogens with zero attached hydrogens (tertiary/aromatic N) is 2. The molecule has 0 amide bonds. The summed E-state index contributed by atoms with van der Waals surface area (Å²) >= 11 is 0. The molecule has 0 spiro atoms. The summed E-state index contributed by atoms with van der Waals surface area (Å²) in [4.78, 5) is 14.9. The first-order chi connectivity index (χ1) is 9.11. The average Bonchev–Trinajstić information content (AvgIpc) is 2.41. The van der Waals surface area contributed by atoms with Crippen LogP contribution in [0.4, 0.5) is 15.9 Å². The van der Waals surface area contributed by atoms with Crippen LogP contribution in [0.3, 0.4) is 0 Å². The molecule has 0 aliphatic carbocycles. The topological polar surface area (TPSA) is 86.0 Å². The van der Waals surface area contributed by atoms with Gasteiger partial charge in [0.15, 0.2) is 0 Å². The Labute approximate surface area is 108 Å². The average molecular weight is 257 g/mol. The number of aromatic nitrogens is 1. The quantitative estimate of drug-likeness (QED) is 0.882. The predicted octanol–water partition coefficient (Wildman–Crippen LogP) is 2.53. The molecule has 6 heteroatoms. The minimum Gasteiger partial charge on any atom is -0.478 e. The summed E-state index contributed by atoms with van der Waals surface area (Å²) in [6.07, 6.45) is 1.42. The SMILES string of the molecule is N#Cc1cc(F)ccc1Nc1ncccc1C(=O)O. The molecule has 0 aliphatic rings. The van der Waals surface area contributed by atoms with Crippen molar-refractivity contribution in [2.45, 2.75) is 0 Å². The number of anilines is 2. The molecule has 2 rings (SSSR count). The molecule has 1 heterocycles. The zero-order valence-corrected chi connectivity index (χ0v) is 9.59. The van der Waals surface area contributed by atoms with Crippen molar-refractivity contribution in [3.05, 3.63) is 53.5 Å². The molecule has 1 aromatic heterocycles. The molecule has 0 bridgehead atoms. The number of aromatic carboxylic acids is 1. The first kappa shape index (κ1) is 12.5. The summed E-state index contributed by atoms with van der Waals surface area (Å²) in [7, 11) is 0. The minimum absolute atomic E-state index is 0.0317. The number of nitriles is 1. The number of carbonyl (C=O) groups is 1. The number of benzene rings is 1. The third-order valence-electron chi connectivity index (χ3n) is 2.39. The van der Waals surface area contributed by atoms with Crippen molar-refractivity contribution >= 4 is 17.5 Å². The molecule has 94 valence electrons. The van der Waals surface area contributed by atoms with Crippen LogP contribution >= 0.6 is 0 Å². The lowest BCUT2D eigenvalue weighted by Gasteiger charge is -2.09. The molecule has 0 aliphatic heterocycles. The largest absolute Gasteiger partial charge is 0.478 e.